The first-order chi connectivity index (χ1) is 5.11. The van der Waals surface area contributed by atoms with E-state index in [9.17, 15) is 9.90 Å². The molecule has 6 heteroatoms. The Morgan fingerprint density at radius 3 is 2.55 bits per heavy atom. The van der Waals surface area contributed by atoms with Gasteiger partial charge in [-0.1, -0.05) is 23.2 Å². The minimum Gasteiger partial charge on any atom is -0.545 e. The van der Waals surface area contributed by atoms with Crippen LogP contribution in [0.1, 0.15) is 10.4 Å². The van der Waals surface area contributed by atoms with Crippen LogP contribution in [0.3, 0.4) is 0 Å². The molecule has 0 amide bonds. The molecule has 4 nitrogen and oxygen atoms in total. The molecule has 0 saturated carbocycles. The molecule has 0 fully saturated rings. The van der Waals surface area contributed by atoms with Crippen molar-refractivity contribution in [3.05, 3.63) is 21.9 Å². The number of halogens is 2. The molecule has 0 spiro atoms. The first-order valence-corrected chi connectivity index (χ1v) is 3.27. The summed E-state index contributed by atoms with van der Waals surface area (Å²) in [6.07, 6.45) is 0. The average Bonchev–Trinajstić information content (AvgIpc) is 1.94. The Labute approximate surface area is 71.8 Å². The van der Waals surface area contributed by atoms with Crippen molar-refractivity contribution in [2.45, 2.75) is 0 Å². The Kier molecular flexibility index (Phi) is 2.26. The lowest BCUT2D eigenvalue weighted by Crippen LogP contribution is -2.23. The van der Waals surface area contributed by atoms with Gasteiger partial charge in [0.2, 0.25) is 0 Å². The average molecular weight is 192 g/mol. The second-order valence-corrected chi connectivity index (χ2v) is 2.40. The molecule has 11 heavy (non-hydrogen) atoms. The van der Waals surface area contributed by atoms with Crippen molar-refractivity contribution >= 4 is 29.2 Å². The van der Waals surface area contributed by atoms with E-state index < -0.39 is 5.97 Å². The highest BCUT2D eigenvalue weighted by atomic mass is 35.5. The molecule has 0 aromatic carbocycles. The van der Waals surface area contributed by atoms with E-state index in [1.807, 2.05) is 0 Å². The van der Waals surface area contributed by atoms with E-state index in [2.05, 4.69) is 10.2 Å². The molecule has 1 aromatic rings. The zero-order valence-corrected chi connectivity index (χ0v) is 6.56. The SMILES string of the molecule is O=C([O-])c1cc(Cl)nnc1Cl. The Hall–Kier alpha value is -0.870. The number of rotatable bonds is 1. The van der Waals surface area contributed by atoms with Gasteiger partial charge >= 0.3 is 0 Å². The predicted molar refractivity (Wildman–Crippen MR) is 36.4 cm³/mol. The number of hydrogen-bond donors (Lipinski definition) is 0. The smallest absolute Gasteiger partial charge is 0.160 e. The maximum absolute atomic E-state index is 10.3. The van der Waals surface area contributed by atoms with Crippen molar-refractivity contribution in [1.82, 2.24) is 10.2 Å². The molecule has 0 unspecified atom stereocenters. The van der Waals surface area contributed by atoms with Crippen molar-refractivity contribution in [3.8, 4) is 0 Å². The zero-order valence-electron chi connectivity index (χ0n) is 5.04. The molecule has 0 aliphatic heterocycles. The third kappa shape index (κ3) is 1.78. The Balaban J connectivity index is 3.23. The van der Waals surface area contributed by atoms with Crippen LogP contribution in [0.2, 0.25) is 10.3 Å². The van der Waals surface area contributed by atoms with Crippen LogP contribution >= 0.6 is 23.2 Å². The number of carboxylic acids is 1. The van der Waals surface area contributed by atoms with Crippen molar-refractivity contribution in [1.29, 1.82) is 0 Å². The van der Waals surface area contributed by atoms with Gasteiger partial charge in [0.15, 0.2) is 10.3 Å². The van der Waals surface area contributed by atoms with E-state index in [1.54, 1.807) is 0 Å². The Morgan fingerprint density at radius 1 is 1.45 bits per heavy atom. The lowest BCUT2D eigenvalue weighted by molar-refractivity contribution is -0.255. The third-order valence-corrected chi connectivity index (χ3v) is 1.40. The summed E-state index contributed by atoms with van der Waals surface area (Å²) < 4.78 is 0. The number of aromatic carboxylic acids is 1. The van der Waals surface area contributed by atoms with Gasteiger partial charge in [0.05, 0.1) is 5.97 Å². The first kappa shape index (κ1) is 8.23. The van der Waals surface area contributed by atoms with E-state index in [0.717, 1.165) is 6.07 Å². The normalized spacial score (nSPS) is 9.64. The largest absolute Gasteiger partial charge is 0.545 e. The van der Waals surface area contributed by atoms with E-state index in [4.69, 9.17) is 23.2 Å². The molecular formula is C5HCl2N2O2-. The van der Waals surface area contributed by atoms with Gasteiger partial charge in [0.1, 0.15) is 0 Å². The summed E-state index contributed by atoms with van der Waals surface area (Å²) in [6, 6.07) is 1.08. The van der Waals surface area contributed by atoms with Crippen LogP contribution in [-0.2, 0) is 0 Å². The van der Waals surface area contributed by atoms with Gasteiger partial charge in [-0.05, 0) is 6.07 Å². The van der Waals surface area contributed by atoms with Gasteiger partial charge in [-0.25, -0.2) is 0 Å². The van der Waals surface area contributed by atoms with Gasteiger partial charge in [-0.2, -0.15) is 0 Å². The molecule has 0 radical (unpaired) electrons. The van der Waals surface area contributed by atoms with Crippen LogP contribution in [0.25, 0.3) is 0 Å². The van der Waals surface area contributed by atoms with Gasteiger partial charge in [-0.15, -0.1) is 10.2 Å². The van der Waals surface area contributed by atoms with Crippen LogP contribution in [0.5, 0.6) is 0 Å². The van der Waals surface area contributed by atoms with Crippen LogP contribution in [0, 0.1) is 0 Å². The molecule has 0 atom stereocenters. The van der Waals surface area contributed by atoms with Gasteiger partial charge < -0.3 is 9.90 Å². The summed E-state index contributed by atoms with van der Waals surface area (Å²) in [5.41, 5.74) is -0.258. The standard InChI is InChI=1S/C5H2Cl2N2O2/c6-3-1-2(5(10)11)4(7)9-8-3/h1H,(H,10,11)/p-1. The molecule has 0 bridgehead atoms. The molecule has 0 aliphatic carbocycles. The van der Waals surface area contributed by atoms with Crippen molar-refractivity contribution in [2.75, 3.05) is 0 Å². The van der Waals surface area contributed by atoms with E-state index >= 15 is 0 Å². The van der Waals surface area contributed by atoms with E-state index in [1.165, 1.54) is 0 Å². The lowest BCUT2D eigenvalue weighted by atomic mass is 10.3. The quantitative estimate of drug-likeness (QED) is 0.634. The molecule has 0 saturated heterocycles. The number of carbonyl (C=O) groups excluding carboxylic acids is 1. The molecule has 1 rings (SSSR count). The summed E-state index contributed by atoms with van der Waals surface area (Å²) in [4.78, 5) is 10.3. The van der Waals surface area contributed by atoms with Crippen LogP contribution in [0.4, 0.5) is 0 Å². The lowest BCUT2D eigenvalue weighted by Gasteiger charge is -2.01. The van der Waals surface area contributed by atoms with Crippen molar-refractivity contribution in [2.24, 2.45) is 0 Å². The minimum absolute atomic E-state index is 0.0337. The summed E-state index contributed by atoms with van der Waals surface area (Å²) in [5, 5.41) is 16.6. The summed E-state index contributed by atoms with van der Waals surface area (Å²) in [6.45, 7) is 0. The summed E-state index contributed by atoms with van der Waals surface area (Å²) >= 11 is 10.7. The highest BCUT2D eigenvalue weighted by Gasteiger charge is 2.03. The van der Waals surface area contributed by atoms with Crippen molar-refractivity contribution < 1.29 is 9.90 Å². The fraction of sp³-hybridized carbons (Fsp3) is 0. The number of carboxylic acid groups (broad SMARTS) is 1. The topological polar surface area (TPSA) is 65.9 Å². The van der Waals surface area contributed by atoms with Gasteiger partial charge in [0, 0.05) is 5.56 Å². The molecule has 0 aliphatic rings. The molecule has 58 valence electrons. The fourth-order valence-electron chi connectivity index (χ4n) is 0.496. The van der Waals surface area contributed by atoms with E-state index in [0.29, 0.717) is 0 Å². The third-order valence-electron chi connectivity index (χ3n) is 0.939. The second kappa shape index (κ2) is 3.02. The highest BCUT2D eigenvalue weighted by molar-refractivity contribution is 6.33. The second-order valence-electron chi connectivity index (χ2n) is 1.66. The molecule has 1 heterocycles. The van der Waals surface area contributed by atoms with Crippen LogP contribution in [0.15, 0.2) is 6.07 Å². The monoisotopic (exact) mass is 191 g/mol. The molecule has 0 N–H and O–H groups in total. The summed E-state index contributed by atoms with van der Waals surface area (Å²) in [5.74, 6) is -1.42. The number of carbonyl (C=O) groups is 1. The van der Waals surface area contributed by atoms with Crippen LogP contribution < -0.4 is 5.11 Å². The van der Waals surface area contributed by atoms with Crippen LogP contribution in [-0.4, -0.2) is 16.2 Å². The van der Waals surface area contributed by atoms with E-state index in [-0.39, 0.29) is 15.9 Å². The molecule has 1 aromatic heterocycles. The van der Waals surface area contributed by atoms with Crippen molar-refractivity contribution in [3.63, 3.8) is 0 Å². The Bertz CT molecular complexity index is 303. The number of hydrogen-bond acceptors (Lipinski definition) is 4. The van der Waals surface area contributed by atoms with Gasteiger partial charge in [0.25, 0.3) is 0 Å². The maximum Gasteiger partial charge on any atom is 0.160 e. The summed E-state index contributed by atoms with van der Waals surface area (Å²) in [7, 11) is 0. The van der Waals surface area contributed by atoms with Gasteiger partial charge in [-0.3, -0.25) is 0 Å². The number of aromatic nitrogens is 2. The zero-order chi connectivity index (χ0) is 8.43. The first-order valence-electron chi connectivity index (χ1n) is 2.51. The fourth-order valence-corrected chi connectivity index (χ4v) is 0.813. The Morgan fingerprint density at radius 2 is 2.09 bits per heavy atom. The maximum atomic E-state index is 10.3. The highest BCUT2D eigenvalue weighted by Crippen LogP contribution is 2.13. The predicted octanol–water partition coefficient (Wildman–Crippen LogP) is 0.147. The minimum atomic E-state index is -1.42. The number of nitrogens with zero attached hydrogens (tertiary/aromatic N) is 2. The molecular weight excluding hydrogens is 191 g/mol.